The Balaban J connectivity index is 2.28. The van der Waals surface area contributed by atoms with E-state index < -0.39 is 0 Å². The van der Waals surface area contributed by atoms with Crippen LogP contribution < -0.4 is 5.32 Å². The van der Waals surface area contributed by atoms with Crippen molar-refractivity contribution in [3.63, 3.8) is 0 Å². The van der Waals surface area contributed by atoms with E-state index in [1.54, 1.807) is 0 Å². The van der Waals surface area contributed by atoms with Crippen LogP contribution in [0.4, 0.5) is 0 Å². The Hall–Kier alpha value is -1.35. The summed E-state index contributed by atoms with van der Waals surface area (Å²) < 4.78 is 0. The summed E-state index contributed by atoms with van der Waals surface area (Å²) in [5.74, 6) is 1.05. The molecule has 0 aliphatic heterocycles. The minimum atomic E-state index is 0.950. The van der Waals surface area contributed by atoms with E-state index in [4.69, 9.17) is 0 Å². The van der Waals surface area contributed by atoms with Gasteiger partial charge < -0.3 is 10.3 Å². The molecule has 0 aliphatic rings. The normalized spacial score (nSPS) is 10.8. The highest BCUT2D eigenvalue weighted by atomic mass is 14.9. The number of benzene rings is 1. The Kier molecular flexibility index (Phi) is 2.27. The average molecular weight is 175 g/mol. The van der Waals surface area contributed by atoms with E-state index in [0.717, 1.165) is 29.8 Å². The van der Waals surface area contributed by atoms with Gasteiger partial charge in [-0.05, 0) is 19.2 Å². The number of H-pyrrole nitrogens is 1. The number of para-hydroxylation sites is 2. The predicted octanol–water partition coefficient (Wildman–Crippen LogP) is 1.32. The smallest absolute Gasteiger partial charge is 0.108 e. The number of nitrogens with zero attached hydrogens (tertiary/aromatic N) is 1. The first-order chi connectivity index (χ1) is 6.40. The number of likely N-dealkylation sites (N-methyl/N-ethyl adjacent to an activating group) is 1. The molecule has 3 nitrogen and oxygen atoms in total. The maximum Gasteiger partial charge on any atom is 0.108 e. The minimum Gasteiger partial charge on any atom is -0.342 e. The molecule has 2 aromatic rings. The molecule has 0 aliphatic carbocycles. The van der Waals surface area contributed by atoms with Crippen LogP contribution in [0.25, 0.3) is 11.0 Å². The molecular formula is C10H13N3. The molecule has 0 saturated carbocycles. The Morgan fingerprint density at radius 3 is 3.00 bits per heavy atom. The van der Waals surface area contributed by atoms with E-state index >= 15 is 0 Å². The molecule has 3 heteroatoms. The van der Waals surface area contributed by atoms with E-state index in [2.05, 4.69) is 15.3 Å². The Labute approximate surface area is 77.2 Å². The van der Waals surface area contributed by atoms with Crippen LogP contribution in [-0.4, -0.2) is 23.6 Å². The fourth-order valence-corrected chi connectivity index (χ4v) is 1.37. The zero-order chi connectivity index (χ0) is 9.10. The van der Waals surface area contributed by atoms with Gasteiger partial charge in [-0.3, -0.25) is 0 Å². The van der Waals surface area contributed by atoms with Crippen LogP contribution >= 0.6 is 0 Å². The fraction of sp³-hybridized carbons (Fsp3) is 0.300. The predicted molar refractivity (Wildman–Crippen MR) is 53.7 cm³/mol. The third-order valence-electron chi connectivity index (χ3n) is 2.05. The Bertz CT molecular complexity index is 359. The number of aromatic nitrogens is 2. The van der Waals surface area contributed by atoms with Crippen molar-refractivity contribution in [1.82, 2.24) is 15.3 Å². The van der Waals surface area contributed by atoms with Gasteiger partial charge in [0.05, 0.1) is 11.0 Å². The van der Waals surface area contributed by atoms with Crippen LogP contribution in [0, 0.1) is 0 Å². The first kappa shape index (κ1) is 8.26. The van der Waals surface area contributed by atoms with E-state index in [9.17, 15) is 0 Å². The minimum absolute atomic E-state index is 0.950. The van der Waals surface area contributed by atoms with Gasteiger partial charge in [-0.2, -0.15) is 0 Å². The Morgan fingerprint density at radius 1 is 1.38 bits per heavy atom. The molecule has 13 heavy (non-hydrogen) atoms. The van der Waals surface area contributed by atoms with Gasteiger partial charge >= 0.3 is 0 Å². The molecule has 1 aromatic heterocycles. The van der Waals surface area contributed by atoms with Gasteiger partial charge in [-0.15, -0.1) is 0 Å². The maximum absolute atomic E-state index is 4.45. The molecule has 0 fully saturated rings. The van der Waals surface area contributed by atoms with Crippen LogP contribution in [0.1, 0.15) is 5.82 Å². The summed E-state index contributed by atoms with van der Waals surface area (Å²) in [4.78, 5) is 7.73. The lowest BCUT2D eigenvalue weighted by Crippen LogP contribution is -2.10. The van der Waals surface area contributed by atoms with Gasteiger partial charge in [0, 0.05) is 13.0 Å². The molecule has 1 heterocycles. The molecule has 0 spiro atoms. The monoisotopic (exact) mass is 175 g/mol. The SMILES string of the molecule is CNCCc1nc2ccccc2[nH]1. The zero-order valence-corrected chi connectivity index (χ0v) is 7.67. The Morgan fingerprint density at radius 2 is 2.23 bits per heavy atom. The first-order valence-electron chi connectivity index (χ1n) is 4.48. The van der Waals surface area contributed by atoms with E-state index in [1.165, 1.54) is 0 Å². The molecule has 0 bridgehead atoms. The highest BCUT2D eigenvalue weighted by Crippen LogP contribution is 2.09. The van der Waals surface area contributed by atoms with Crippen LogP contribution in [0.2, 0.25) is 0 Å². The number of aromatic amines is 1. The third-order valence-corrected chi connectivity index (χ3v) is 2.05. The number of fused-ring (bicyclic) bond motifs is 1. The lowest BCUT2D eigenvalue weighted by molar-refractivity contribution is 0.766. The largest absolute Gasteiger partial charge is 0.342 e. The van der Waals surface area contributed by atoms with Crippen molar-refractivity contribution in [3.05, 3.63) is 30.1 Å². The fourth-order valence-electron chi connectivity index (χ4n) is 1.37. The lowest BCUT2D eigenvalue weighted by atomic mass is 10.3. The number of imidazole rings is 1. The number of hydrogen-bond donors (Lipinski definition) is 2. The van der Waals surface area contributed by atoms with Crippen molar-refractivity contribution in [1.29, 1.82) is 0 Å². The second kappa shape index (κ2) is 3.58. The van der Waals surface area contributed by atoms with Crippen LogP contribution in [0.15, 0.2) is 24.3 Å². The van der Waals surface area contributed by atoms with Gasteiger partial charge in [-0.1, -0.05) is 12.1 Å². The van der Waals surface area contributed by atoms with Crippen molar-refractivity contribution in [2.45, 2.75) is 6.42 Å². The lowest BCUT2D eigenvalue weighted by Gasteiger charge is -1.93. The van der Waals surface area contributed by atoms with Gasteiger partial charge in [0.25, 0.3) is 0 Å². The average Bonchev–Trinajstić information content (AvgIpc) is 2.57. The van der Waals surface area contributed by atoms with Crippen LogP contribution in [0.3, 0.4) is 0 Å². The summed E-state index contributed by atoms with van der Waals surface area (Å²) in [6.45, 7) is 0.958. The molecule has 0 unspecified atom stereocenters. The first-order valence-corrected chi connectivity index (χ1v) is 4.48. The maximum atomic E-state index is 4.45. The summed E-state index contributed by atoms with van der Waals surface area (Å²) in [7, 11) is 1.95. The highest BCUT2D eigenvalue weighted by molar-refractivity contribution is 5.74. The summed E-state index contributed by atoms with van der Waals surface area (Å²) in [5, 5.41) is 3.10. The highest BCUT2D eigenvalue weighted by Gasteiger charge is 1.99. The van der Waals surface area contributed by atoms with Crippen molar-refractivity contribution >= 4 is 11.0 Å². The quantitative estimate of drug-likeness (QED) is 0.738. The topological polar surface area (TPSA) is 40.7 Å². The van der Waals surface area contributed by atoms with Crippen molar-refractivity contribution < 1.29 is 0 Å². The molecule has 0 amide bonds. The summed E-state index contributed by atoms with van der Waals surface area (Å²) in [6, 6.07) is 8.09. The summed E-state index contributed by atoms with van der Waals surface area (Å²) >= 11 is 0. The van der Waals surface area contributed by atoms with Crippen LogP contribution in [0.5, 0.6) is 0 Å². The molecule has 0 radical (unpaired) electrons. The molecule has 0 atom stereocenters. The van der Waals surface area contributed by atoms with Gasteiger partial charge in [-0.25, -0.2) is 4.98 Å². The van der Waals surface area contributed by atoms with Crippen molar-refractivity contribution in [2.24, 2.45) is 0 Å². The van der Waals surface area contributed by atoms with E-state index in [-0.39, 0.29) is 0 Å². The van der Waals surface area contributed by atoms with Gasteiger partial charge in [0.1, 0.15) is 5.82 Å². The molecule has 0 saturated heterocycles. The number of hydrogen-bond acceptors (Lipinski definition) is 2. The third kappa shape index (κ3) is 1.70. The van der Waals surface area contributed by atoms with Gasteiger partial charge in [0.15, 0.2) is 0 Å². The molecule has 68 valence electrons. The summed E-state index contributed by atoms with van der Waals surface area (Å²) in [6.07, 6.45) is 0.950. The van der Waals surface area contributed by atoms with E-state index in [0.29, 0.717) is 0 Å². The van der Waals surface area contributed by atoms with Crippen molar-refractivity contribution in [2.75, 3.05) is 13.6 Å². The molecule has 2 N–H and O–H groups in total. The molecule has 1 aromatic carbocycles. The van der Waals surface area contributed by atoms with Crippen molar-refractivity contribution in [3.8, 4) is 0 Å². The number of nitrogens with one attached hydrogen (secondary N) is 2. The zero-order valence-electron chi connectivity index (χ0n) is 7.67. The second-order valence-corrected chi connectivity index (χ2v) is 3.05. The van der Waals surface area contributed by atoms with Crippen LogP contribution in [-0.2, 0) is 6.42 Å². The van der Waals surface area contributed by atoms with Gasteiger partial charge in [0.2, 0.25) is 0 Å². The molecule has 2 rings (SSSR count). The number of rotatable bonds is 3. The summed E-state index contributed by atoms with van der Waals surface area (Å²) in [5.41, 5.74) is 2.17. The second-order valence-electron chi connectivity index (χ2n) is 3.05. The van der Waals surface area contributed by atoms with E-state index in [1.807, 2.05) is 31.3 Å². The standard InChI is InChI=1S/C10H13N3/c1-11-7-6-10-12-8-4-2-3-5-9(8)13-10/h2-5,11H,6-7H2,1H3,(H,12,13). The molecular weight excluding hydrogens is 162 g/mol.